The van der Waals surface area contributed by atoms with Gasteiger partial charge in [-0.3, -0.25) is 0 Å². The van der Waals surface area contributed by atoms with E-state index >= 15 is 0 Å². The van der Waals surface area contributed by atoms with Crippen molar-refractivity contribution >= 4 is 0 Å². The fourth-order valence-corrected chi connectivity index (χ4v) is 1.00. The van der Waals surface area contributed by atoms with Crippen molar-refractivity contribution in [2.45, 2.75) is 31.3 Å². The molecule has 0 aromatic carbocycles. The quantitative estimate of drug-likeness (QED) is 0.461. The first-order valence-electron chi connectivity index (χ1n) is 3.32. The van der Waals surface area contributed by atoms with Crippen LogP contribution < -0.4 is 11.5 Å². The van der Waals surface area contributed by atoms with E-state index in [-0.39, 0.29) is 11.6 Å². The van der Waals surface area contributed by atoms with Gasteiger partial charge in [0.15, 0.2) is 0 Å². The zero-order valence-corrected chi connectivity index (χ0v) is 5.80. The van der Waals surface area contributed by atoms with Gasteiger partial charge in [-0.15, -0.1) is 0 Å². The van der Waals surface area contributed by atoms with Crippen LogP contribution in [0.1, 0.15) is 19.8 Å². The number of hydrogen-bond donors (Lipinski definition) is 2. The molecule has 0 saturated carbocycles. The minimum Gasteiger partial charge on any atom is -0.326 e. The van der Waals surface area contributed by atoms with Crippen LogP contribution in [0, 0.1) is 0 Å². The SMILES string of the molecule is CC1(N)CC=CCC1N. The van der Waals surface area contributed by atoms with E-state index in [0.717, 1.165) is 12.8 Å². The molecule has 0 amide bonds. The molecule has 52 valence electrons. The highest BCUT2D eigenvalue weighted by atomic mass is 14.8. The van der Waals surface area contributed by atoms with E-state index in [1.165, 1.54) is 0 Å². The van der Waals surface area contributed by atoms with Crippen LogP contribution in [-0.2, 0) is 0 Å². The molecule has 0 radical (unpaired) electrons. The Morgan fingerprint density at radius 3 is 2.56 bits per heavy atom. The van der Waals surface area contributed by atoms with Crippen LogP contribution in [0.3, 0.4) is 0 Å². The maximum atomic E-state index is 5.85. The summed E-state index contributed by atoms with van der Waals surface area (Å²) in [5.41, 5.74) is 11.4. The third-order valence-electron chi connectivity index (χ3n) is 1.96. The molecule has 2 nitrogen and oxygen atoms in total. The third kappa shape index (κ3) is 1.32. The molecule has 4 N–H and O–H groups in total. The number of nitrogens with two attached hydrogens (primary N) is 2. The lowest BCUT2D eigenvalue weighted by molar-refractivity contribution is 0.366. The Kier molecular flexibility index (Phi) is 1.60. The molecule has 0 aromatic rings. The highest BCUT2D eigenvalue weighted by molar-refractivity contribution is 5.05. The summed E-state index contributed by atoms with van der Waals surface area (Å²) in [4.78, 5) is 0. The van der Waals surface area contributed by atoms with Gasteiger partial charge >= 0.3 is 0 Å². The molecule has 1 aliphatic rings. The van der Waals surface area contributed by atoms with Crippen LogP contribution in [0.2, 0.25) is 0 Å². The molecular formula is C7H14N2. The van der Waals surface area contributed by atoms with Crippen molar-refractivity contribution < 1.29 is 0 Å². The predicted octanol–water partition coefficient (Wildman–Crippen LogP) is 0.381. The molecule has 1 aliphatic carbocycles. The minimum atomic E-state index is -0.172. The van der Waals surface area contributed by atoms with Crippen molar-refractivity contribution in [3.63, 3.8) is 0 Å². The van der Waals surface area contributed by atoms with E-state index in [9.17, 15) is 0 Å². The molecule has 0 heterocycles. The first-order valence-corrected chi connectivity index (χ1v) is 3.32. The van der Waals surface area contributed by atoms with Crippen molar-refractivity contribution in [2.75, 3.05) is 0 Å². The standard InChI is InChI=1S/C7H14N2/c1-7(9)5-3-2-4-6(7)8/h2-3,6H,4-5,8-9H2,1H3. The fourth-order valence-electron chi connectivity index (χ4n) is 1.00. The summed E-state index contributed by atoms with van der Waals surface area (Å²) >= 11 is 0. The first kappa shape index (κ1) is 6.78. The van der Waals surface area contributed by atoms with Crippen molar-refractivity contribution in [3.8, 4) is 0 Å². The minimum absolute atomic E-state index is 0.141. The first-order chi connectivity index (χ1) is 4.13. The second-order valence-corrected chi connectivity index (χ2v) is 3.02. The summed E-state index contributed by atoms with van der Waals surface area (Å²) in [5.74, 6) is 0. The molecule has 0 saturated heterocycles. The summed E-state index contributed by atoms with van der Waals surface area (Å²) in [6.07, 6.45) is 6.03. The van der Waals surface area contributed by atoms with Gasteiger partial charge in [0.1, 0.15) is 0 Å². The summed E-state index contributed by atoms with van der Waals surface area (Å²) in [7, 11) is 0. The molecular weight excluding hydrogens is 112 g/mol. The molecule has 0 fully saturated rings. The van der Waals surface area contributed by atoms with E-state index in [1.54, 1.807) is 0 Å². The van der Waals surface area contributed by atoms with Gasteiger partial charge in [-0.25, -0.2) is 0 Å². The van der Waals surface area contributed by atoms with E-state index in [2.05, 4.69) is 12.2 Å². The molecule has 2 atom stereocenters. The molecule has 1 rings (SSSR count). The Morgan fingerprint density at radius 2 is 2.22 bits per heavy atom. The average Bonchev–Trinajstić information content (AvgIpc) is 1.77. The predicted molar refractivity (Wildman–Crippen MR) is 38.9 cm³/mol. The van der Waals surface area contributed by atoms with Gasteiger partial charge in [0.2, 0.25) is 0 Å². The van der Waals surface area contributed by atoms with Gasteiger partial charge in [-0.1, -0.05) is 12.2 Å². The van der Waals surface area contributed by atoms with E-state index < -0.39 is 0 Å². The fraction of sp³-hybridized carbons (Fsp3) is 0.714. The van der Waals surface area contributed by atoms with Gasteiger partial charge in [0.05, 0.1) is 0 Å². The highest BCUT2D eigenvalue weighted by Crippen LogP contribution is 2.18. The van der Waals surface area contributed by atoms with Crippen molar-refractivity contribution in [1.29, 1.82) is 0 Å². The van der Waals surface area contributed by atoms with Crippen molar-refractivity contribution in [2.24, 2.45) is 11.5 Å². The van der Waals surface area contributed by atoms with Gasteiger partial charge in [0, 0.05) is 11.6 Å². The van der Waals surface area contributed by atoms with Crippen LogP contribution in [0.15, 0.2) is 12.2 Å². The molecule has 0 aliphatic heterocycles. The summed E-state index contributed by atoms with van der Waals surface area (Å²) in [6.45, 7) is 2.00. The Balaban J connectivity index is 2.64. The normalized spacial score (nSPS) is 43.2. The van der Waals surface area contributed by atoms with Crippen LogP contribution in [0.25, 0.3) is 0 Å². The average molecular weight is 126 g/mol. The van der Waals surface area contributed by atoms with E-state index in [1.807, 2.05) is 6.92 Å². The smallest absolute Gasteiger partial charge is 0.0317 e. The van der Waals surface area contributed by atoms with Crippen molar-refractivity contribution in [3.05, 3.63) is 12.2 Å². The van der Waals surface area contributed by atoms with Gasteiger partial charge in [-0.2, -0.15) is 0 Å². The van der Waals surface area contributed by atoms with Crippen LogP contribution >= 0.6 is 0 Å². The lowest BCUT2D eigenvalue weighted by Gasteiger charge is -2.32. The maximum absolute atomic E-state index is 5.85. The lowest BCUT2D eigenvalue weighted by atomic mass is 9.84. The Labute approximate surface area is 55.9 Å². The zero-order chi connectivity index (χ0) is 6.91. The molecule has 0 spiro atoms. The summed E-state index contributed by atoms with van der Waals surface area (Å²) in [6, 6.07) is 0.141. The number of rotatable bonds is 0. The molecule has 0 aromatic heterocycles. The largest absolute Gasteiger partial charge is 0.326 e. The van der Waals surface area contributed by atoms with Crippen LogP contribution in [-0.4, -0.2) is 11.6 Å². The van der Waals surface area contributed by atoms with Gasteiger partial charge in [-0.05, 0) is 19.8 Å². The highest BCUT2D eigenvalue weighted by Gasteiger charge is 2.26. The van der Waals surface area contributed by atoms with E-state index in [0.29, 0.717) is 0 Å². The lowest BCUT2D eigenvalue weighted by Crippen LogP contribution is -2.53. The van der Waals surface area contributed by atoms with Gasteiger partial charge < -0.3 is 11.5 Å². The van der Waals surface area contributed by atoms with Gasteiger partial charge in [0.25, 0.3) is 0 Å². The topological polar surface area (TPSA) is 52.0 Å². The van der Waals surface area contributed by atoms with Crippen molar-refractivity contribution in [1.82, 2.24) is 0 Å². The Bertz CT molecular complexity index is 127. The molecule has 9 heavy (non-hydrogen) atoms. The maximum Gasteiger partial charge on any atom is 0.0317 e. The van der Waals surface area contributed by atoms with Crippen LogP contribution in [0.5, 0.6) is 0 Å². The van der Waals surface area contributed by atoms with E-state index in [4.69, 9.17) is 11.5 Å². The summed E-state index contributed by atoms with van der Waals surface area (Å²) < 4.78 is 0. The third-order valence-corrected chi connectivity index (χ3v) is 1.96. The second-order valence-electron chi connectivity index (χ2n) is 3.02. The summed E-state index contributed by atoms with van der Waals surface area (Å²) in [5, 5.41) is 0. The zero-order valence-electron chi connectivity index (χ0n) is 5.80. The molecule has 0 bridgehead atoms. The number of hydrogen-bond acceptors (Lipinski definition) is 2. The van der Waals surface area contributed by atoms with Crippen LogP contribution in [0.4, 0.5) is 0 Å². The second kappa shape index (κ2) is 2.12. The Hall–Kier alpha value is -0.340. The monoisotopic (exact) mass is 126 g/mol. The molecule has 2 heteroatoms. The Morgan fingerprint density at radius 1 is 1.56 bits per heavy atom. The molecule has 2 unspecified atom stereocenters.